The molecular formula is C15H14Cl2F2N2. The van der Waals surface area contributed by atoms with Crippen LogP contribution in [0.25, 0.3) is 0 Å². The Bertz CT molecular complexity index is 648. The van der Waals surface area contributed by atoms with Crippen molar-refractivity contribution in [2.75, 3.05) is 11.1 Å². The van der Waals surface area contributed by atoms with E-state index < -0.39 is 6.43 Å². The van der Waals surface area contributed by atoms with E-state index in [0.29, 0.717) is 21.4 Å². The summed E-state index contributed by atoms with van der Waals surface area (Å²) < 4.78 is 26.1. The number of nitrogen functional groups attached to an aromatic ring is 1. The van der Waals surface area contributed by atoms with E-state index in [-0.39, 0.29) is 11.6 Å². The van der Waals surface area contributed by atoms with Crippen LogP contribution in [-0.4, -0.2) is 0 Å². The van der Waals surface area contributed by atoms with Gasteiger partial charge in [0, 0.05) is 27.0 Å². The summed E-state index contributed by atoms with van der Waals surface area (Å²) in [6.45, 7) is 1.83. The number of alkyl halides is 2. The standard InChI is InChI=1S/C15H14Cl2F2N2/c1-8(11-4-2-9(16)6-13(11)17)21-14-5-3-10(20)7-12(14)15(18)19/h2-8,15,21H,20H2,1H3. The third-order valence-corrected chi connectivity index (χ3v) is 3.67. The molecule has 6 heteroatoms. The summed E-state index contributed by atoms with van der Waals surface area (Å²) in [5, 5.41) is 4.04. The maximum atomic E-state index is 13.1. The molecule has 21 heavy (non-hydrogen) atoms. The first-order chi connectivity index (χ1) is 9.88. The van der Waals surface area contributed by atoms with E-state index in [1.165, 1.54) is 12.1 Å². The van der Waals surface area contributed by atoms with Crippen molar-refractivity contribution in [3.8, 4) is 0 Å². The topological polar surface area (TPSA) is 38.0 Å². The Balaban J connectivity index is 2.29. The minimum atomic E-state index is -2.61. The van der Waals surface area contributed by atoms with Crippen LogP contribution in [0.4, 0.5) is 20.2 Å². The second kappa shape index (κ2) is 6.50. The number of anilines is 2. The van der Waals surface area contributed by atoms with Crippen LogP contribution in [0.1, 0.15) is 30.5 Å². The molecule has 2 nitrogen and oxygen atoms in total. The lowest BCUT2D eigenvalue weighted by Crippen LogP contribution is -2.09. The van der Waals surface area contributed by atoms with E-state index in [1.807, 2.05) is 6.92 Å². The number of rotatable bonds is 4. The minimum Gasteiger partial charge on any atom is -0.399 e. The van der Waals surface area contributed by atoms with Gasteiger partial charge in [-0.05, 0) is 42.8 Å². The van der Waals surface area contributed by atoms with Gasteiger partial charge in [-0.3, -0.25) is 0 Å². The molecule has 0 aromatic heterocycles. The van der Waals surface area contributed by atoms with Crippen molar-refractivity contribution in [2.24, 2.45) is 0 Å². The van der Waals surface area contributed by atoms with Gasteiger partial charge in [0.05, 0.1) is 6.04 Å². The average Bonchev–Trinajstić information content (AvgIpc) is 2.40. The number of benzene rings is 2. The van der Waals surface area contributed by atoms with Crippen molar-refractivity contribution < 1.29 is 8.78 Å². The first-order valence-electron chi connectivity index (χ1n) is 6.27. The number of nitrogens with one attached hydrogen (secondary N) is 1. The molecule has 0 radical (unpaired) electrons. The number of hydrogen-bond donors (Lipinski definition) is 2. The molecule has 0 bridgehead atoms. The van der Waals surface area contributed by atoms with Gasteiger partial charge < -0.3 is 11.1 Å². The van der Waals surface area contributed by atoms with Gasteiger partial charge >= 0.3 is 0 Å². The molecule has 0 aliphatic rings. The van der Waals surface area contributed by atoms with E-state index in [9.17, 15) is 8.78 Å². The maximum Gasteiger partial charge on any atom is 0.265 e. The van der Waals surface area contributed by atoms with Gasteiger partial charge in [0.25, 0.3) is 6.43 Å². The number of hydrogen-bond acceptors (Lipinski definition) is 2. The average molecular weight is 331 g/mol. The summed E-state index contributed by atoms with van der Waals surface area (Å²) in [6.07, 6.45) is -2.61. The Kier molecular flexibility index (Phi) is 4.91. The fourth-order valence-corrected chi connectivity index (χ4v) is 2.63. The summed E-state index contributed by atoms with van der Waals surface area (Å²) in [5.41, 5.74) is 6.82. The van der Waals surface area contributed by atoms with Crippen molar-refractivity contribution in [3.63, 3.8) is 0 Å². The van der Waals surface area contributed by atoms with Gasteiger partial charge in [-0.25, -0.2) is 8.78 Å². The third-order valence-electron chi connectivity index (χ3n) is 3.11. The lowest BCUT2D eigenvalue weighted by atomic mass is 10.1. The van der Waals surface area contributed by atoms with Gasteiger partial charge in [0.2, 0.25) is 0 Å². The van der Waals surface area contributed by atoms with Crippen molar-refractivity contribution in [2.45, 2.75) is 19.4 Å². The molecule has 1 atom stereocenters. The summed E-state index contributed by atoms with van der Waals surface area (Å²) in [5.74, 6) is 0. The van der Waals surface area contributed by atoms with Gasteiger partial charge in [-0.1, -0.05) is 29.3 Å². The molecule has 112 valence electrons. The normalized spacial score (nSPS) is 12.5. The lowest BCUT2D eigenvalue weighted by molar-refractivity contribution is 0.152. The molecule has 3 N–H and O–H groups in total. The highest BCUT2D eigenvalue weighted by atomic mass is 35.5. The third kappa shape index (κ3) is 3.77. The molecule has 0 amide bonds. The van der Waals surface area contributed by atoms with E-state index >= 15 is 0 Å². The van der Waals surface area contributed by atoms with Crippen LogP contribution >= 0.6 is 23.2 Å². The largest absolute Gasteiger partial charge is 0.399 e. The summed E-state index contributed by atoms with van der Waals surface area (Å²) in [6, 6.07) is 9.22. The Morgan fingerprint density at radius 2 is 1.76 bits per heavy atom. The van der Waals surface area contributed by atoms with Crippen LogP contribution in [0.15, 0.2) is 36.4 Å². The molecule has 0 saturated carbocycles. The molecule has 0 saturated heterocycles. The Labute approximate surface area is 131 Å². The molecule has 2 aromatic rings. The van der Waals surface area contributed by atoms with Crippen LogP contribution in [0.2, 0.25) is 10.0 Å². The maximum absolute atomic E-state index is 13.1. The molecular weight excluding hydrogens is 317 g/mol. The molecule has 2 aromatic carbocycles. The predicted octanol–water partition coefficient (Wildman–Crippen LogP) is 5.69. The molecule has 0 aliphatic heterocycles. The van der Waals surface area contributed by atoms with Crippen LogP contribution in [0.5, 0.6) is 0 Å². The molecule has 0 spiro atoms. The molecule has 1 unspecified atom stereocenters. The zero-order chi connectivity index (χ0) is 15.6. The molecule has 0 fully saturated rings. The van der Waals surface area contributed by atoms with Gasteiger partial charge in [0.1, 0.15) is 0 Å². The van der Waals surface area contributed by atoms with Crippen molar-refractivity contribution >= 4 is 34.6 Å². The summed E-state index contributed by atoms with van der Waals surface area (Å²) in [4.78, 5) is 0. The van der Waals surface area contributed by atoms with E-state index in [1.54, 1.807) is 24.3 Å². The zero-order valence-corrected chi connectivity index (χ0v) is 12.7. The molecule has 0 aliphatic carbocycles. The highest BCUT2D eigenvalue weighted by Gasteiger charge is 2.16. The smallest absolute Gasteiger partial charge is 0.265 e. The first kappa shape index (κ1) is 15.9. The van der Waals surface area contributed by atoms with Gasteiger partial charge in [-0.15, -0.1) is 0 Å². The Morgan fingerprint density at radius 3 is 2.38 bits per heavy atom. The SMILES string of the molecule is CC(Nc1ccc(N)cc1C(F)F)c1ccc(Cl)cc1Cl. The van der Waals surface area contributed by atoms with Gasteiger partial charge in [0.15, 0.2) is 0 Å². The van der Waals surface area contributed by atoms with Crippen LogP contribution in [0, 0.1) is 0 Å². The van der Waals surface area contributed by atoms with E-state index in [4.69, 9.17) is 28.9 Å². The highest BCUT2D eigenvalue weighted by Crippen LogP contribution is 2.33. The lowest BCUT2D eigenvalue weighted by Gasteiger charge is -2.20. The molecule has 2 rings (SSSR count). The first-order valence-corrected chi connectivity index (χ1v) is 7.03. The minimum absolute atomic E-state index is 0.132. The summed E-state index contributed by atoms with van der Waals surface area (Å²) in [7, 11) is 0. The Hall–Kier alpha value is -1.52. The summed E-state index contributed by atoms with van der Waals surface area (Å²) >= 11 is 12.0. The van der Waals surface area contributed by atoms with Crippen LogP contribution in [0.3, 0.4) is 0 Å². The number of halogens is 4. The second-order valence-electron chi connectivity index (χ2n) is 4.68. The van der Waals surface area contributed by atoms with Crippen molar-refractivity contribution in [1.82, 2.24) is 0 Å². The van der Waals surface area contributed by atoms with Crippen LogP contribution < -0.4 is 11.1 Å². The quantitative estimate of drug-likeness (QED) is 0.707. The zero-order valence-electron chi connectivity index (χ0n) is 11.2. The molecule has 0 heterocycles. The fourth-order valence-electron chi connectivity index (χ4n) is 2.06. The predicted molar refractivity (Wildman–Crippen MR) is 84.3 cm³/mol. The van der Waals surface area contributed by atoms with E-state index in [2.05, 4.69) is 5.32 Å². The Morgan fingerprint density at radius 1 is 1.05 bits per heavy atom. The fraction of sp³-hybridized carbons (Fsp3) is 0.200. The second-order valence-corrected chi connectivity index (χ2v) is 5.52. The number of nitrogens with two attached hydrogens (primary N) is 1. The van der Waals surface area contributed by atoms with Gasteiger partial charge in [-0.2, -0.15) is 0 Å². The monoisotopic (exact) mass is 330 g/mol. The van der Waals surface area contributed by atoms with Crippen LogP contribution in [-0.2, 0) is 0 Å². The van der Waals surface area contributed by atoms with Crippen molar-refractivity contribution in [1.29, 1.82) is 0 Å². The highest BCUT2D eigenvalue weighted by molar-refractivity contribution is 6.35. The van der Waals surface area contributed by atoms with Crippen molar-refractivity contribution in [3.05, 3.63) is 57.6 Å². The van der Waals surface area contributed by atoms with E-state index in [0.717, 1.165) is 5.56 Å².